The minimum atomic E-state index is -0.299. The Morgan fingerprint density at radius 1 is 0.833 bits per heavy atom. The van der Waals surface area contributed by atoms with Gasteiger partial charge in [-0.25, -0.2) is 0 Å². The minimum Gasteiger partial charge on any atom is -0.377 e. The lowest BCUT2D eigenvalue weighted by atomic mass is 9.82. The molecule has 0 radical (unpaired) electrons. The summed E-state index contributed by atoms with van der Waals surface area (Å²) in [5.41, 5.74) is -0.299. The maximum absolute atomic E-state index is 12.8. The third kappa shape index (κ3) is 6.43. The summed E-state index contributed by atoms with van der Waals surface area (Å²) in [7, 11) is 0. The highest BCUT2D eigenvalue weighted by molar-refractivity contribution is 5.81. The summed E-state index contributed by atoms with van der Waals surface area (Å²) in [4.78, 5) is 31.7. The lowest BCUT2D eigenvalue weighted by Crippen LogP contribution is -2.51. The van der Waals surface area contributed by atoms with Crippen LogP contribution in [0.4, 0.5) is 0 Å². The van der Waals surface area contributed by atoms with Gasteiger partial charge in [0.1, 0.15) is 0 Å². The summed E-state index contributed by atoms with van der Waals surface area (Å²) in [5, 5.41) is 0. The molecule has 1 saturated carbocycles. The average Bonchev–Trinajstić information content (AvgIpc) is 2.74. The van der Waals surface area contributed by atoms with E-state index in [-0.39, 0.29) is 23.3 Å². The molecule has 0 bridgehead atoms. The van der Waals surface area contributed by atoms with Gasteiger partial charge in [-0.15, -0.1) is 0 Å². The lowest BCUT2D eigenvalue weighted by molar-refractivity contribution is -0.142. The first kappa shape index (κ1) is 23.5. The van der Waals surface area contributed by atoms with Crippen LogP contribution in [-0.4, -0.2) is 85.0 Å². The van der Waals surface area contributed by atoms with Crippen LogP contribution in [0, 0.1) is 17.3 Å². The van der Waals surface area contributed by atoms with Gasteiger partial charge in [0.15, 0.2) is 0 Å². The number of carbonyl (C=O) groups excluding carboxylic acids is 2. The normalized spacial score (nSPS) is 27.3. The van der Waals surface area contributed by atoms with Crippen LogP contribution in [0.3, 0.4) is 0 Å². The molecule has 0 atom stereocenters. The zero-order valence-corrected chi connectivity index (χ0v) is 19.7. The van der Waals surface area contributed by atoms with Crippen molar-refractivity contribution in [1.82, 2.24) is 14.7 Å². The first-order valence-electron chi connectivity index (χ1n) is 12.2. The summed E-state index contributed by atoms with van der Waals surface area (Å²) < 4.78 is 6.12. The number of hydrogen-bond donors (Lipinski definition) is 0. The lowest BCUT2D eigenvalue weighted by Gasteiger charge is -2.38. The van der Waals surface area contributed by atoms with Crippen LogP contribution in [0.2, 0.25) is 0 Å². The molecule has 6 nitrogen and oxygen atoms in total. The molecule has 6 heteroatoms. The van der Waals surface area contributed by atoms with E-state index in [1.165, 1.54) is 12.8 Å². The van der Waals surface area contributed by atoms with Gasteiger partial charge in [0, 0.05) is 57.1 Å². The molecule has 1 aliphatic carbocycles. The smallest absolute Gasteiger partial charge is 0.227 e. The monoisotopic (exact) mass is 421 g/mol. The molecular formula is C24H43N3O3. The molecular weight excluding hydrogens is 378 g/mol. The largest absolute Gasteiger partial charge is 0.377 e. The molecule has 0 aromatic heterocycles. The van der Waals surface area contributed by atoms with Crippen LogP contribution >= 0.6 is 0 Å². The van der Waals surface area contributed by atoms with Crippen LogP contribution < -0.4 is 0 Å². The van der Waals surface area contributed by atoms with E-state index >= 15 is 0 Å². The molecule has 3 aliphatic rings. The van der Waals surface area contributed by atoms with Crippen molar-refractivity contribution in [2.24, 2.45) is 17.3 Å². The number of ether oxygens (including phenoxy) is 1. The molecule has 172 valence electrons. The second-order valence-corrected chi connectivity index (χ2v) is 10.7. The molecule has 0 spiro atoms. The number of carbonyl (C=O) groups is 2. The van der Waals surface area contributed by atoms with Crippen LogP contribution in [-0.2, 0) is 14.3 Å². The molecule has 0 aromatic rings. The molecule has 0 N–H and O–H groups in total. The molecule has 2 saturated heterocycles. The Bertz CT molecular complexity index is 565. The van der Waals surface area contributed by atoms with Crippen molar-refractivity contribution < 1.29 is 14.3 Å². The van der Waals surface area contributed by atoms with Crippen LogP contribution in [0.25, 0.3) is 0 Å². The van der Waals surface area contributed by atoms with Gasteiger partial charge in [0.05, 0.1) is 12.7 Å². The van der Waals surface area contributed by atoms with Crippen molar-refractivity contribution in [3.63, 3.8) is 0 Å². The Balaban J connectivity index is 1.29. The van der Waals surface area contributed by atoms with Gasteiger partial charge in [-0.05, 0) is 44.4 Å². The summed E-state index contributed by atoms with van der Waals surface area (Å²) in [6.07, 6.45) is 6.70. The molecule has 2 aliphatic heterocycles. The van der Waals surface area contributed by atoms with E-state index in [9.17, 15) is 9.59 Å². The Morgan fingerprint density at radius 2 is 1.43 bits per heavy atom. The number of nitrogens with zero attached hydrogens (tertiary/aromatic N) is 3. The van der Waals surface area contributed by atoms with E-state index in [1.54, 1.807) is 0 Å². The van der Waals surface area contributed by atoms with E-state index < -0.39 is 0 Å². The topological polar surface area (TPSA) is 53.1 Å². The van der Waals surface area contributed by atoms with Crippen LogP contribution in [0.1, 0.15) is 66.2 Å². The van der Waals surface area contributed by atoms with Crippen molar-refractivity contribution in [3.8, 4) is 0 Å². The van der Waals surface area contributed by atoms with Gasteiger partial charge in [0.2, 0.25) is 11.8 Å². The van der Waals surface area contributed by atoms with Crippen molar-refractivity contribution in [2.75, 3.05) is 52.4 Å². The fraction of sp³-hybridized carbons (Fsp3) is 0.917. The molecule has 2 amide bonds. The van der Waals surface area contributed by atoms with Gasteiger partial charge in [0.25, 0.3) is 0 Å². The fourth-order valence-electron chi connectivity index (χ4n) is 5.01. The standard InChI is InChI=1S/C24H43N3O3/c1-19-5-7-20(8-6-19)22(28)26-15-13-25(14-16-26)17-18-30-21-9-11-27(12-10-21)23(29)24(2,3)4/h19-21H,5-18H2,1-4H3. The maximum Gasteiger partial charge on any atom is 0.227 e. The Labute approximate surface area is 183 Å². The van der Waals surface area contributed by atoms with Gasteiger partial charge in [-0.3, -0.25) is 14.5 Å². The Kier molecular flexibility index (Phi) is 8.19. The number of rotatable bonds is 5. The highest BCUT2D eigenvalue weighted by Crippen LogP contribution is 2.30. The van der Waals surface area contributed by atoms with Crippen molar-refractivity contribution in [3.05, 3.63) is 0 Å². The number of amides is 2. The predicted molar refractivity (Wildman–Crippen MR) is 119 cm³/mol. The molecule has 2 heterocycles. The highest BCUT2D eigenvalue weighted by atomic mass is 16.5. The second-order valence-electron chi connectivity index (χ2n) is 10.7. The SMILES string of the molecule is CC1CCC(C(=O)N2CCN(CCOC3CCN(C(=O)C(C)(C)C)CC3)CC2)CC1. The Morgan fingerprint density at radius 3 is 2.00 bits per heavy atom. The molecule has 3 rings (SSSR count). The quantitative estimate of drug-likeness (QED) is 0.685. The van der Waals surface area contributed by atoms with Crippen LogP contribution in [0.5, 0.6) is 0 Å². The summed E-state index contributed by atoms with van der Waals surface area (Å²) in [6.45, 7) is 15.2. The molecule has 0 aromatic carbocycles. The average molecular weight is 422 g/mol. The first-order chi connectivity index (χ1) is 14.2. The van der Waals surface area contributed by atoms with Gasteiger partial charge in [-0.1, -0.05) is 27.7 Å². The number of piperazine rings is 1. The van der Waals surface area contributed by atoms with Gasteiger partial charge >= 0.3 is 0 Å². The van der Waals surface area contributed by atoms with Gasteiger partial charge in [-0.2, -0.15) is 0 Å². The molecule has 0 unspecified atom stereocenters. The van der Waals surface area contributed by atoms with E-state index in [0.29, 0.717) is 5.91 Å². The third-order valence-corrected chi connectivity index (χ3v) is 7.18. The first-order valence-corrected chi connectivity index (χ1v) is 12.2. The van der Waals surface area contributed by atoms with E-state index in [4.69, 9.17) is 4.74 Å². The van der Waals surface area contributed by atoms with Crippen molar-refractivity contribution in [1.29, 1.82) is 0 Å². The minimum absolute atomic E-state index is 0.246. The second kappa shape index (κ2) is 10.4. The highest BCUT2D eigenvalue weighted by Gasteiger charge is 2.31. The molecule has 3 fully saturated rings. The molecule has 30 heavy (non-hydrogen) atoms. The number of hydrogen-bond acceptors (Lipinski definition) is 4. The number of piperidine rings is 1. The van der Waals surface area contributed by atoms with E-state index in [1.807, 2.05) is 25.7 Å². The van der Waals surface area contributed by atoms with E-state index in [0.717, 1.165) is 84.0 Å². The van der Waals surface area contributed by atoms with E-state index in [2.05, 4.69) is 16.7 Å². The predicted octanol–water partition coefficient (Wildman–Crippen LogP) is 3.01. The third-order valence-electron chi connectivity index (χ3n) is 7.18. The summed E-state index contributed by atoms with van der Waals surface area (Å²) in [6, 6.07) is 0. The van der Waals surface area contributed by atoms with Crippen molar-refractivity contribution >= 4 is 11.8 Å². The van der Waals surface area contributed by atoms with Crippen LogP contribution in [0.15, 0.2) is 0 Å². The van der Waals surface area contributed by atoms with Gasteiger partial charge < -0.3 is 14.5 Å². The van der Waals surface area contributed by atoms with Crippen molar-refractivity contribution in [2.45, 2.75) is 72.3 Å². The zero-order chi connectivity index (χ0) is 21.7. The fourth-order valence-corrected chi connectivity index (χ4v) is 5.01. The zero-order valence-electron chi connectivity index (χ0n) is 19.7. The Hall–Kier alpha value is -1.14. The summed E-state index contributed by atoms with van der Waals surface area (Å²) in [5.74, 6) is 1.70. The summed E-state index contributed by atoms with van der Waals surface area (Å²) >= 11 is 0. The number of likely N-dealkylation sites (tertiary alicyclic amines) is 1. The maximum atomic E-state index is 12.8.